The van der Waals surface area contributed by atoms with Crippen molar-refractivity contribution in [2.75, 3.05) is 0 Å². The van der Waals surface area contributed by atoms with E-state index in [1.807, 2.05) is 6.08 Å². The predicted octanol–water partition coefficient (Wildman–Crippen LogP) is 4.49. The Morgan fingerprint density at radius 3 is 2.70 bits per heavy atom. The van der Waals surface area contributed by atoms with Gasteiger partial charge in [-0.15, -0.1) is 4.91 Å². The van der Waals surface area contributed by atoms with Crippen LogP contribution >= 0.6 is 0 Å². The molecule has 106 valence electrons. The number of hydrogen-bond donors (Lipinski definition) is 0. The summed E-state index contributed by atoms with van der Waals surface area (Å²) in [5.41, 5.74) is 0.288. The molecular formula is C15H17NO4. The Bertz CT molecular complexity index is 481. The second kappa shape index (κ2) is 7.43. The van der Waals surface area contributed by atoms with Crippen LogP contribution in [-0.2, 0) is 4.74 Å². The fourth-order valence-corrected chi connectivity index (χ4v) is 2.06. The normalized spacial score (nSPS) is 20.3. The van der Waals surface area contributed by atoms with E-state index in [0.717, 1.165) is 32.1 Å². The summed E-state index contributed by atoms with van der Waals surface area (Å²) in [5.74, 6) is 0.337. The van der Waals surface area contributed by atoms with Gasteiger partial charge in [0.05, 0.1) is 0 Å². The number of rotatable bonds is 3. The lowest BCUT2D eigenvalue weighted by atomic mass is 10.0. The Morgan fingerprint density at radius 1 is 1.15 bits per heavy atom. The van der Waals surface area contributed by atoms with Crippen LogP contribution in [0, 0.1) is 4.91 Å². The van der Waals surface area contributed by atoms with Gasteiger partial charge in [0, 0.05) is 6.42 Å². The van der Waals surface area contributed by atoms with Crippen molar-refractivity contribution >= 4 is 11.8 Å². The Morgan fingerprint density at radius 2 is 1.95 bits per heavy atom. The quantitative estimate of drug-likeness (QED) is 0.353. The molecule has 5 nitrogen and oxygen atoms in total. The van der Waals surface area contributed by atoms with Crippen molar-refractivity contribution in [2.45, 2.75) is 38.2 Å². The molecule has 20 heavy (non-hydrogen) atoms. The van der Waals surface area contributed by atoms with E-state index in [4.69, 9.17) is 9.47 Å². The number of ether oxygens (including phenoxy) is 2. The molecule has 1 aliphatic rings. The Balaban J connectivity index is 1.85. The number of hydrogen-bond acceptors (Lipinski definition) is 5. The molecule has 1 unspecified atom stereocenters. The van der Waals surface area contributed by atoms with Crippen LogP contribution in [0.2, 0.25) is 0 Å². The van der Waals surface area contributed by atoms with Gasteiger partial charge in [-0.3, -0.25) is 0 Å². The number of benzene rings is 1. The van der Waals surface area contributed by atoms with E-state index in [2.05, 4.69) is 11.3 Å². The molecule has 0 aromatic heterocycles. The van der Waals surface area contributed by atoms with E-state index in [-0.39, 0.29) is 11.8 Å². The summed E-state index contributed by atoms with van der Waals surface area (Å²) < 4.78 is 10.3. The van der Waals surface area contributed by atoms with Gasteiger partial charge in [-0.1, -0.05) is 12.2 Å². The highest BCUT2D eigenvalue weighted by molar-refractivity contribution is 5.64. The first-order valence-corrected chi connectivity index (χ1v) is 6.75. The minimum Gasteiger partial charge on any atom is -0.430 e. The summed E-state index contributed by atoms with van der Waals surface area (Å²) in [6, 6.07) is 5.98. The Labute approximate surface area is 117 Å². The molecule has 0 spiro atoms. The molecule has 0 saturated heterocycles. The zero-order valence-electron chi connectivity index (χ0n) is 11.2. The smallest absolute Gasteiger partial charge is 0.430 e. The van der Waals surface area contributed by atoms with Gasteiger partial charge in [-0.05, 0) is 55.1 Å². The fraction of sp³-hybridized carbons (Fsp3) is 0.400. The molecule has 0 heterocycles. The minimum atomic E-state index is -0.712. The second-order valence-corrected chi connectivity index (χ2v) is 4.67. The van der Waals surface area contributed by atoms with Crippen LogP contribution in [0.5, 0.6) is 5.75 Å². The number of nitrogens with zero attached hydrogens (tertiary/aromatic N) is 1. The molecule has 1 aliphatic carbocycles. The number of carbonyl (C=O) groups excluding carboxylic acids is 1. The number of carbonyl (C=O) groups is 1. The summed E-state index contributed by atoms with van der Waals surface area (Å²) >= 11 is 0. The molecule has 1 aromatic rings. The van der Waals surface area contributed by atoms with Gasteiger partial charge in [0.25, 0.3) is 0 Å². The highest BCUT2D eigenvalue weighted by atomic mass is 16.7. The van der Waals surface area contributed by atoms with E-state index in [1.165, 1.54) is 24.3 Å². The highest BCUT2D eigenvalue weighted by Crippen LogP contribution is 2.19. The molecule has 5 heteroatoms. The molecule has 0 fully saturated rings. The maximum atomic E-state index is 11.7. The van der Waals surface area contributed by atoms with Gasteiger partial charge < -0.3 is 9.47 Å². The van der Waals surface area contributed by atoms with E-state index >= 15 is 0 Å². The summed E-state index contributed by atoms with van der Waals surface area (Å²) in [5, 5.41) is 2.77. The van der Waals surface area contributed by atoms with Crippen molar-refractivity contribution in [1.29, 1.82) is 0 Å². The van der Waals surface area contributed by atoms with Gasteiger partial charge in [-0.25, -0.2) is 4.79 Å². The number of nitroso groups, excluding NO2 is 1. The third-order valence-electron chi connectivity index (χ3n) is 3.12. The largest absolute Gasteiger partial charge is 0.514 e. The van der Waals surface area contributed by atoms with E-state index in [1.54, 1.807) is 0 Å². The van der Waals surface area contributed by atoms with Gasteiger partial charge in [0.1, 0.15) is 17.5 Å². The molecule has 2 rings (SSSR count). The average molecular weight is 275 g/mol. The van der Waals surface area contributed by atoms with Crippen molar-refractivity contribution in [3.05, 3.63) is 41.3 Å². The first-order chi connectivity index (χ1) is 9.78. The maximum absolute atomic E-state index is 11.7. The third kappa shape index (κ3) is 4.50. The van der Waals surface area contributed by atoms with E-state index < -0.39 is 6.16 Å². The SMILES string of the molecule is O=Nc1ccc(OC(=O)OC2C/C=C/CCCC2)cc1. The van der Waals surface area contributed by atoms with Crippen molar-refractivity contribution < 1.29 is 14.3 Å². The molecular weight excluding hydrogens is 258 g/mol. The van der Waals surface area contributed by atoms with Gasteiger partial charge in [0.2, 0.25) is 0 Å². The topological polar surface area (TPSA) is 65.0 Å². The van der Waals surface area contributed by atoms with E-state index in [0.29, 0.717) is 5.75 Å². The molecule has 0 radical (unpaired) electrons. The molecule has 0 amide bonds. The third-order valence-corrected chi connectivity index (χ3v) is 3.12. The van der Waals surface area contributed by atoms with Crippen molar-refractivity contribution in [3.63, 3.8) is 0 Å². The van der Waals surface area contributed by atoms with Gasteiger partial charge in [0.15, 0.2) is 0 Å². The maximum Gasteiger partial charge on any atom is 0.514 e. The fourth-order valence-electron chi connectivity index (χ4n) is 2.06. The minimum absolute atomic E-state index is 0.130. The van der Waals surface area contributed by atoms with Crippen LogP contribution in [-0.4, -0.2) is 12.3 Å². The Kier molecular flexibility index (Phi) is 5.29. The lowest BCUT2D eigenvalue weighted by Gasteiger charge is -2.17. The van der Waals surface area contributed by atoms with Crippen LogP contribution in [0.15, 0.2) is 41.6 Å². The molecule has 1 atom stereocenters. The molecule has 0 aliphatic heterocycles. The van der Waals surface area contributed by atoms with Crippen LogP contribution in [0.3, 0.4) is 0 Å². The zero-order valence-corrected chi connectivity index (χ0v) is 11.2. The zero-order chi connectivity index (χ0) is 14.2. The van der Waals surface area contributed by atoms with E-state index in [9.17, 15) is 9.70 Å². The lowest BCUT2D eigenvalue weighted by molar-refractivity contribution is 0.0543. The highest BCUT2D eigenvalue weighted by Gasteiger charge is 2.15. The number of allylic oxidation sites excluding steroid dienone is 1. The van der Waals surface area contributed by atoms with Crippen molar-refractivity contribution in [3.8, 4) is 5.75 Å². The van der Waals surface area contributed by atoms with Gasteiger partial charge >= 0.3 is 6.16 Å². The Hall–Kier alpha value is -2.17. The average Bonchev–Trinajstić information content (AvgIpc) is 2.42. The molecule has 0 N–H and O–H groups in total. The summed E-state index contributed by atoms with van der Waals surface area (Å²) in [6.45, 7) is 0. The molecule has 1 aromatic carbocycles. The summed E-state index contributed by atoms with van der Waals surface area (Å²) in [4.78, 5) is 22.0. The van der Waals surface area contributed by atoms with Crippen molar-refractivity contribution in [1.82, 2.24) is 0 Å². The standard InChI is InChI=1S/C15H17NO4/c17-15(19-13-6-4-2-1-3-5-7-13)20-14-10-8-12(16-18)9-11-14/h2,4,8-11,13H,1,3,5-7H2/b4-2+. The summed E-state index contributed by atoms with van der Waals surface area (Å²) in [7, 11) is 0. The van der Waals surface area contributed by atoms with Crippen LogP contribution in [0.1, 0.15) is 32.1 Å². The second-order valence-electron chi connectivity index (χ2n) is 4.67. The van der Waals surface area contributed by atoms with Gasteiger partial charge in [-0.2, -0.15) is 0 Å². The van der Waals surface area contributed by atoms with Crippen molar-refractivity contribution in [2.24, 2.45) is 5.18 Å². The lowest BCUT2D eigenvalue weighted by Crippen LogP contribution is -2.21. The van der Waals surface area contributed by atoms with Crippen LogP contribution in [0.4, 0.5) is 10.5 Å². The molecule has 0 bridgehead atoms. The monoisotopic (exact) mass is 275 g/mol. The predicted molar refractivity (Wildman–Crippen MR) is 75.0 cm³/mol. The van der Waals surface area contributed by atoms with Crippen LogP contribution < -0.4 is 4.74 Å². The summed E-state index contributed by atoms with van der Waals surface area (Å²) in [6.07, 6.45) is 8.15. The first kappa shape index (κ1) is 14.2. The molecule has 0 saturated carbocycles. The van der Waals surface area contributed by atoms with Crippen LogP contribution in [0.25, 0.3) is 0 Å². The first-order valence-electron chi connectivity index (χ1n) is 6.75.